The molecule has 2 N–H and O–H groups in total. The number of amides is 1. The number of piperidine rings is 1. The Labute approximate surface area is 255 Å². The normalized spacial score (nSPS) is 15.1. The lowest BCUT2D eigenvalue weighted by molar-refractivity contribution is 0.0977. The van der Waals surface area contributed by atoms with E-state index in [1.165, 1.54) is 6.07 Å². The summed E-state index contributed by atoms with van der Waals surface area (Å²) in [6.07, 6.45) is 6.56. The highest BCUT2D eigenvalue weighted by molar-refractivity contribution is 7.89. The van der Waals surface area contributed by atoms with Gasteiger partial charge in [0, 0.05) is 31.4 Å². The summed E-state index contributed by atoms with van der Waals surface area (Å²) in [5, 5.41) is 8.29. The molecule has 5 rings (SSSR count). The number of rotatable bonds is 8. The van der Waals surface area contributed by atoms with E-state index in [0.29, 0.717) is 23.4 Å². The van der Waals surface area contributed by atoms with Gasteiger partial charge >= 0.3 is 0 Å². The van der Waals surface area contributed by atoms with Crippen LogP contribution in [0, 0.1) is 13.8 Å². The molecule has 0 bridgehead atoms. The Balaban J connectivity index is 1.51. The first-order valence-electron chi connectivity index (χ1n) is 14.1. The lowest BCUT2D eigenvalue weighted by atomic mass is 10.0. The Bertz CT molecular complexity index is 1860. The lowest BCUT2D eigenvalue weighted by Crippen LogP contribution is -2.39. The number of hydrogen-bond acceptors (Lipinski definition) is 9. The third kappa shape index (κ3) is 6.52. The van der Waals surface area contributed by atoms with E-state index in [1.54, 1.807) is 10.6 Å². The van der Waals surface area contributed by atoms with E-state index >= 15 is 0 Å². The number of nitrogens with zero attached hydrogens (tertiary/aromatic N) is 6. The van der Waals surface area contributed by atoms with Gasteiger partial charge in [-0.2, -0.15) is 5.10 Å². The number of benzene rings is 1. The Kier molecular flexibility index (Phi) is 8.48. The van der Waals surface area contributed by atoms with Crippen molar-refractivity contribution in [1.29, 1.82) is 0 Å². The number of hydrogen-bond donors (Lipinski definition) is 2. The minimum atomic E-state index is -3.83. The van der Waals surface area contributed by atoms with Crippen LogP contribution in [-0.2, 0) is 16.6 Å². The predicted octanol–water partition coefficient (Wildman–Crippen LogP) is 3.98. The zero-order valence-corrected chi connectivity index (χ0v) is 26.3. The maximum atomic E-state index is 13.8. The molecule has 228 valence electrons. The molecule has 43 heavy (non-hydrogen) atoms. The molecule has 0 saturated carbocycles. The summed E-state index contributed by atoms with van der Waals surface area (Å²) >= 11 is 6.04. The fourth-order valence-electron chi connectivity index (χ4n) is 5.56. The van der Waals surface area contributed by atoms with Crippen molar-refractivity contribution in [1.82, 2.24) is 29.0 Å². The number of sulfonamides is 1. The van der Waals surface area contributed by atoms with Gasteiger partial charge < -0.3 is 10.2 Å². The summed E-state index contributed by atoms with van der Waals surface area (Å²) in [6.45, 7) is 9.69. The second-order valence-corrected chi connectivity index (χ2v) is 13.2. The molecule has 0 unspecified atom stereocenters. The minimum absolute atomic E-state index is 0.0377. The molecule has 0 aliphatic carbocycles. The Hall–Kier alpha value is -3.97. The van der Waals surface area contributed by atoms with Crippen molar-refractivity contribution >= 4 is 50.1 Å². The molecule has 1 atom stereocenters. The number of anilines is 2. The first-order chi connectivity index (χ1) is 20.3. The highest BCUT2D eigenvalue weighted by Crippen LogP contribution is 2.31. The van der Waals surface area contributed by atoms with E-state index < -0.39 is 22.0 Å². The van der Waals surface area contributed by atoms with Crippen LogP contribution in [0.1, 0.15) is 66.0 Å². The number of aryl methyl sites for hydroxylation is 2. The Morgan fingerprint density at radius 1 is 1.14 bits per heavy atom. The van der Waals surface area contributed by atoms with Crippen LogP contribution in [0.5, 0.6) is 0 Å². The van der Waals surface area contributed by atoms with Gasteiger partial charge in [-0.3, -0.25) is 18.8 Å². The number of carbonyl (C=O) groups excluding carboxylic acids is 1. The Morgan fingerprint density at radius 3 is 2.49 bits per heavy atom. The van der Waals surface area contributed by atoms with Gasteiger partial charge in [-0.15, -0.1) is 0 Å². The van der Waals surface area contributed by atoms with Gasteiger partial charge in [0.15, 0.2) is 5.69 Å². The van der Waals surface area contributed by atoms with E-state index in [1.807, 2.05) is 55.4 Å². The first kappa shape index (κ1) is 30.5. The number of fused-ring (bicyclic) bond motifs is 1. The van der Waals surface area contributed by atoms with Gasteiger partial charge in [0.1, 0.15) is 5.15 Å². The van der Waals surface area contributed by atoms with Crippen LogP contribution in [0.25, 0.3) is 10.9 Å². The molecule has 0 radical (unpaired) electrons. The molecule has 12 nitrogen and oxygen atoms in total. The van der Waals surface area contributed by atoms with Crippen molar-refractivity contribution < 1.29 is 13.2 Å². The van der Waals surface area contributed by atoms with E-state index in [0.717, 1.165) is 48.9 Å². The van der Waals surface area contributed by atoms with Gasteiger partial charge in [0.25, 0.3) is 11.5 Å². The molecule has 4 heterocycles. The predicted molar refractivity (Wildman–Crippen MR) is 167 cm³/mol. The van der Waals surface area contributed by atoms with Crippen LogP contribution in [0.3, 0.4) is 0 Å². The zero-order valence-electron chi connectivity index (χ0n) is 24.8. The summed E-state index contributed by atoms with van der Waals surface area (Å²) in [5.41, 5.74) is 3.31. The van der Waals surface area contributed by atoms with Crippen LogP contribution < -0.4 is 20.5 Å². The van der Waals surface area contributed by atoms with Crippen LogP contribution in [0.2, 0.25) is 5.15 Å². The molecule has 14 heteroatoms. The van der Waals surface area contributed by atoms with E-state index in [-0.39, 0.29) is 28.1 Å². The van der Waals surface area contributed by atoms with Crippen molar-refractivity contribution in [3.8, 4) is 0 Å². The monoisotopic (exact) mass is 626 g/mol. The van der Waals surface area contributed by atoms with Gasteiger partial charge in [-0.1, -0.05) is 17.7 Å². The molecule has 1 saturated heterocycles. The summed E-state index contributed by atoms with van der Waals surface area (Å²) in [5.74, 6) is -0.289. The number of aromatic nitrogens is 5. The van der Waals surface area contributed by atoms with Crippen LogP contribution in [0.4, 0.5) is 11.6 Å². The average molecular weight is 627 g/mol. The third-order valence-corrected chi connectivity index (χ3v) is 8.34. The second kappa shape index (κ2) is 12.0. The maximum Gasteiger partial charge on any atom is 0.285 e. The second-order valence-electron chi connectivity index (χ2n) is 11.0. The third-order valence-electron chi connectivity index (χ3n) is 7.57. The topological polar surface area (TPSA) is 144 Å². The quantitative estimate of drug-likeness (QED) is 0.277. The standard InChI is InChI=1S/C29H35ClN8O4S/c1-6-37-28(40)22-14-17(2)13-21(19(4)32-23-7-8-24(30)33-26(23)27(39)35-43(5,41)42)25(22)34-29(37)36-11-9-20(10-12-36)38-16-18(3)15-31-38/h7-8,13-16,19-20,32H,6,9-12H2,1-5H3,(H,35,39)/t19-/m1/s1. The van der Waals surface area contributed by atoms with Crippen LogP contribution >= 0.6 is 11.6 Å². The average Bonchev–Trinajstić information content (AvgIpc) is 3.39. The Morgan fingerprint density at radius 2 is 1.86 bits per heavy atom. The van der Waals surface area contributed by atoms with Gasteiger partial charge in [0.2, 0.25) is 16.0 Å². The first-order valence-corrected chi connectivity index (χ1v) is 16.4. The highest BCUT2D eigenvalue weighted by atomic mass is 35.5. The molecule has 0 spiro atoms. The summed E-state index contributed by atoms with van der Waals surface area (Å²) in [4.78, 5) is 37.9. The molecular formula is C29H35ClN8O4S. The van der Waals surface area contributed by atoms with Crippen molar-refractivity contribution in [2.24, 2.45) is 0 Å². The summed E-state index contributed by atoms with van der Waals surface area (Å²) in [6, 6.07) is 6.72. The van der Waals surface area contributed by atoms with Crippen molar-refractivity contribution in [2.45, 2.75) is 59.2 Å². The molecule has 1 aliphatic rings. The molecule has 1 aliphatic heterocycles. The van der Waals surface area contributed by atoms with Crippen molar-refractivity contribution in [2.75, 3.05) is 29.6 Å². The van der Waals surface area contributed by atoms with Gasteiger partial charge in [-0.25, -0.2) is 23.1 Å². The lowest BCUT2D eigenvalue weighted by Gasteiger charge is -2.34. The summed E-state index contributed by atoms with van der Waals surface area (Å²) < 4.78 is 29.1. The number of nitrogens with one attached hydrogen (secondary N) is 2. The molecule has 1 amide bonds. The summed E-state index contributed by atoms with van der Waals surface area (Å²) in [7, 11) is -3.83. The van der Waals surface area contributed by atoms with Crippen LogP contribution in [-0.4, -0.2) is 58.0 Å². The van der Waals surface area contributed by atoms with Crippen LogP contribution in [0.15, 0.2) is 41.5 Å². The largest absolute Gasteiger partial charge is 0.377 e. The maximum absolute atomic E-state index is 13.8. The SMILES string of the molecule is CCn1c(N2CCC(n3cc(C)cn3)CC2)nc2c([C@@H](C)Nc3ccc(Cl)nc3C(=O)NS(C)(=O)=O)cc(C)cc2c1=O. The molecule has 4 aromatic rings. The van der Waals surface area contributed by atoms with Crippen molar-refractivity contribution in [3.63, 3.8) is 0 Å². The van der Waals surface area contributed by atoms with Gasteiger partial charge in [0.05, 0.1) is 41.1 Å². The number of carbonyl (C=O) groups is 1. The van der Waals surface area contributed by atoms with Crippen molar-refractivity contribution in [3.05, 3.63) is 74.6 Å². The van der Waals surface area contributed by atoms with Gasteiger partial charge in [-0.05, 0) is 69.9 Å². The van der Waals surface area contributed by atoms with E-state index in [9.17, 15) is 18.0 Å². The minimum Gasteiger partial charge on any atom is -0.377 e. The fourth-order valence-corrected chi connectivity index (χ4v) is 6.14. The highest BCUT2D eigenvalue weighted by Gasteiger charge is 2.26. The molecule has 1 aromatic carbocycles. The fraction of sp³-hybridized carbons (Fsp3) is 0.414. The molecule has 1 fully saturated rings. The zero-order chi connectivity index (χ0) is 31.1. The number of halogens is 1. The smallest absolute Gasteiger partial charge is 0.285 e. The number of pyridine rings is 1. The molecule has 3 aromatic heterocycles. The van der Waals surface area contributed by atoms with E-state index in [2.05, 4.69) is 26.5 Å². The van der Waals surface area contributed by atoms with E-state index in [4.69, 9.17) is 16.6 Å². The molecular weight excluding hydrogens is 592 g/mol.